The molecule has 0 bridgehead atoms. The summed E-state index contributed by atoms with van der Waals surface area (Å²) in [5.74, 6) is 0. The molecule has 21 heavy (non-hydrogen) atoms. The third kappa shape index (κ3) is 4.68. The Morgan fingerprint density at radius 3 is 2.29 bits per heavy atom. The summed E-state index contributed by atoms with van der Waals surface area (Å²) in [6, 6.07) is 12.7. The van der Waals surface area contributed by atoms with E-state index < -0.39 is 0 Å². The van der Waals surface area contributed by atoms with Crippen molar-refractivity contribution in [1.82, 2.24) is 4.98 Å². The fourth-order valence-corrected chi connectivity index (χ4v) is 2.41. The molecule has 0 fully saturated rings. The van der Waals surface area contributed by atoms with E-state index in [-0.39, 0.29) is 6.10 Å². The lowest BCUT2D eigenvalue weighted by Gasteiger charge is -2.22. The number of methoxy groups -OCH3 is 1. The summed E-state index contributed by atoms with van der Waals surface area (Å²) in [6.45, 7) is 6.81. The number of ether oxygens (including phenoxy) is 1. The van der Waals surface area contributed by atoms with E-state index in [2.05, 4.69) is 56.1 Å². The van der Waals surface area contributed by atoms with Crippen LogP contribution >= 0.6 is 0 Å². The van der Waals surface area contributed by atoms with Crippen LogP contribution in [-0.4, -0.2) is 12.1 Å². The molecule has 112 valence electrons. The first-order valence-corrected chi connectivity index (χ1v) is 7.53. The quantitative estimate of drug-likeness (QED) is 0.746. The zero-order valence-electron chi connectivity index (χ0n) is 13.5. The number of hydrogen-bond donors (Lipinski definition) is 0. The van der Waals surface area contributed by atoms with Crippen molar-refractivity contribution in [3.05, 3.63) is 54.4 Å². The molecule has 2 nitrogen and oxygen atoms in total. The van der Waals surface area contributed by atoms with Gasteiger partial charge in [-0.25, -0.2) is 0 Å². The highest BCUT2D eigenvalue weighted by Gasteiger charge is 2.16. The Kier molecular flexibility index (Phi) is 5.13. The predicted molar refractivity (Wildman–Crippen MR) is 88.1 cm³/mol. The van der Waals surface area contributed by atoms with Crippen LogP contribution in [0.5, 0.6) is 0 Å². The van der Waals surface area contributed by atoms with Gasteiger partial charge in [0.25, 0.3) is 0 Å². The van der Waals surface area contributed by atoms with E-state index in [4.69, 9.17) is 4.74 Å². The van der Waals surface area contributed by atoms with E-state index in [1.165, 1.54) is 11.1 Å². The molecule has 2 aromatic rings. The summed E-state index contributed by atoms with van der Waals surface area (Å²) in [7, 11) is 1.79. The Balaban J connectivity index is 2.10. The van der Waals surface area contributed by atoms with Crippen LogP contribution in [0.15, 0.2) is 48.8 Å². The van der Waals surface area contributed by atoms with Gasteiger partial charge in [-0.15, -0.1) is 0 Å². The van der Waals surface area contributed by atoms with Crippen LogP contribution in [-0.2, 0) is 4.74 Å². The molecule has 1 aromatic heterocycles. The van der Waals surface area contributed by atoms with Crippen LogP contribution in [0.3, 0.4) is 0 Å². The zero-order valence-corrected chi connectivity index (χ0v) is 13.5. The van der Waals surface area contributed by atoms with Crippen molar-refractivity contribution in [3.8, 4) is 11.1 Å². The monoisotopic (exact) mass is 283 g/mol. The molecule has 0 radical (unpaired) electrons. The van der Waals surface area contributed by atoms with Crippen molar-refractivity contribution < 1.29 is 4.74 Å². The highest BCUT2D eigenvalue weighted by Crippen LogP contribution is 2.30. The molecule has 1 heterocycles. The Hall–Kier alpha value is -1.67. The fourth-order valence-electron chi connectivity index (χ4n) is 2.41. The second-order valence-corrected chi connectivity index (χ2v) is 6.69. The van der Waals surface area contributed by atoms with E-state index in [1.807, 2.05) is 12.3 Å². The molecule has 0 saturated carbocycles. The first-order valence-electron chi connectivity index (χ1n) is 7.53. The molecule has 1 aromatic carbocycles. The molecular weight excluding hydrogens is 258 g/mol. The minimum absolute atomic E-state index is 0.173. The molecule has 1 unspecified atom stereocenters. The Morgan fingerprint density at radius 1 is 1.05 bits per heavy atom. The number of benzene rings is 1. The summed E-state index contributed by atoms with van der Waals surface area (Å²) in [4.78, 5) is 4.17. The van der Waals surface area contributed by atoms with Gasteiger partial charge < -0.3 is 4.74 Å². The molecule has 2 heteroatoms. The average Bonchev–Trinajstić information content (AvgIpc) is 2.48. The molecule has 1 atom stereocenters. The van der Waals surface area contributed by atoms with Crippen molar-refractivity contribution >= 4 is 0 Å². The minimum atomic E-state index is 0.173. The number of nitrogens with zero attached hydrogens (tertiary/aromatic N) is 1. The van der Waals surface area contributed by atoms with Gasteiger partial charge in [0, 0.05) is 19.5 Å². The van der Waals surface area contributed by atoms with Gasteiger partial charge in [-0.3, -0.25) is 4.98 Å². The predicted octanol–water partition coefficient (Wildman–Crippen LogP) is 5.26. The van der Waals surface area contributed by atoms with Gasteiger partial charge in [-0.05, 0) is 41.0 Å². The highest BCUT2D eigenvalue weighted by molar-refractivity contribution is 5.62. The van der Waals surface area contributed by atoms with Crippen LogP contribution in [0.1, 0.15) is 45.3 Å². The van der Waals surface area contributed by atoms with Crippen molar-refractivity contribution in [2.45, 2.75) is 39.7 Å². The third-order valence-corrected chi connectivity index (χ3v) is 3.72. The van der Waals surface area contributed by atoms with Gasteiger partial charge in [0.05, 0.1) is 6.10 Å². The average molecular weight is 283 g/mol. The Bertz CT molecular complexity index is 540. The molecule has 0 aliphatic rings. The Morgan fingerprint density at radius 2 is 1.76 bits per heavy atom. The van der Waals surface area contributed by atoms with Gasteiger partial charge in [0.15, 0.2) is 0 Å². The molecule has 0 aliphatic carbocycles. The fraction of sp³-hybridized carbons (Fsp3) is 0.421. The highest BCUT2D eigenvalue weighted by atomic mass is 16.5. The smallest absolute Gasteiger partial charge is 0.0821 e. The lowest BCUT2D eigenvalue weighted by molar-refractivity contribution is 0.0844. The molecule has 0 amide bonds. The molecule has 0 saturated heterocycles. The summed E-state index contributed by atoms with van der Waals surface area (Å²) in [5.41, 5.74) is 3.92. The normalized spacial score (nSPS) is 13.1. The van der Waals surface area contributed by atoms with Crippen molar-refractivity contribution in [2.24, 2.45) is 5.41 Å². The van der Waals surface area contributed by atoms with Crippen LogP contribution in [0, 0.1) is 5.41 Å². The van der Waals surface area contributed by atoms with Gasteiger partial charge in [-0.1, -0.05) is 51.1 Å². The second-order valence-electron chi connectivity index (χ2n) is 6.69. The van der Waals surface area contributed by atoms with Crippen LogP contribution in [0.2, 0.25) is 0 Å². The number of aromatic nitrogens is 1. The maximum atomic E-state index is 5.66. The van der Waals surface area contributed by atoms with E-state index in [0.29, 0.717) is 5.41 Å². The molecule has 2 rings (SSSR count). The maximum Gasteiger partial charge on any atom is 0.0821 e. The second kappa shape index (κ2) is 6.86. The molecule has 0 N–H and O–H groups in total. The third-order valence-electron chi connectivity index (χ3n) is 3.72. The largest absolute Gasteiger partial charge is 0.377 e. The summed E-state index contributed by atoms with van der Waals surface area (Å²) in [6.07, 6.45) is 6.06. The van der Waals surface area contributed by atoms with Crippen molar-refractivity contribution in [1.29, 1.82) is 0 Å². The van der Waals surface area contributed by atoms with Gasteiger partial charge in [0.2, 0.25) is 0 Å². The minimum Gasteiger partial charge on any atom is -0.377 e. The maximum absolute atomic E-state index is 5.66. The standard InChI is InChI=1S/C19H25NO/c1-19(2,3)12-11-18(21-4)16-9-7-15(8-10-16)17-6-5-13-20-14-17/h5-10,13-14,18H,11-12H2,1-4H3. The van der Waals surface area contributed by atoms with Crippen LogP contribution in [0.25, 0.3) is 11.1 Å². The number of rotatable bonds is 5. The number of pyridine rings is 1. The van der Waals surface area contributed by atoms with E-state index in [1.54, 1.807) is 13.3 Å². The van der Waals surface area contributed by atoms with Crippen LogP contribution in [0.4, 0.5) is 0 Å². The van der Waals surface area contributed by atoms with E-state index in [0.717, 1.165) is 18.4 Å². The van der Waals surface area contributed by atoms with Crippen LogP contribution < -0.4 is 0 Å². The molecular formula is C19H25NO. The topological polar surface area (TPSA) is 22.1 Å². The first-order chi connectivity index (χ1) is 9.99. The lowest BCUT2D eigenvalue weighted by Crippen LogP contribution is -2.09. The Labute approximate surface area is 128 Å². The van der Waals surface area contributed by atoms with Gasteiger partial charge in [-0.2, -0.15) is 0 Å². The van der Waals surface area contributed by atoms with Gasteiger partial charge in [0.1, 0.15) is 0 Å². The summed E-state index contributed by atoms with van der Waals surface area (Å²) < 4.78 is 5.66. The summed E-state index contributed by atoms with van der Waals surface area (Å²) >= 11 is 0. The summed E-state index contributed by atoms with van der Waals surface area (Å²) in [5, 5.41) is 0. The lowest BCUT2D eigenvalue weighted by atomic mass is 9.88. The zero-order chi connectivity index (χ0) is 15.3. The van der Waals surface area contributed by atoms with E-state index >= 15 is 0 Å². The first kappa shape index (κ1) is 15.7. The van der Waals surface area contributed by atoms with Crippen molar-refractivity contribution in [3.63, 3.8) is 0 Å². The van der Waals surface area contributed by atoms with Gasteiger partial charge >= 0.3 is 0 Å². The number of hydrogen-bond acceptors (Lipinski definition) is 2. The molecule has 0 aliphatic heterocycles. The SMILES string of the molecule is COC(CCC(C)(C)C)c1ccc(-c2cccnc2)cc1. The van der Waals surface area contributed by atoms with E-state index in [9.17, 15) is 0 Å². The van der Waals surface area contributed by atoms with Crippen molar-refractivity contribution in [2.75, 3.05) is 7.11 Å². The molecule has 0 spiro atoms.